The first-order valence-corrected chi connectivity index (χ1v) is 8.99. The second-order valence-electron chi connectivity index (χ2n) is 7.05. The van der Waals surface area contributed by atoms with Crippen LogP contribution in [0.1, 0.15) is 38.5 Å². The molecule has 1 atom stereocenters. The van der Waals surface area contributed by atoms with Crippen molar-refractivity contribution in [3.63, 3.8) is 0 Å². The Morgan fingerprint density at radius 1 is 1.22 bits per heavy atom. The number of nitrogens with zero attached hydrogens (tertiary/aromatic N) is 3. The van der Waals surface area contributed by atoms with Gasteiger partial charge in [0.1, 0.15) is 0 Å². The average Bonchev–Trinajstić information content (AvgIpc) is 2.70. The van der Waals surface area contributed by atoms with E-state index in [4.69, 9.17) is 0 Å². The molecule has 0 aromatic carbocycles. The van der Waals surface area contributed by atoms with Crippen LogP contribution in [-0.2, 0) is 4.79 Å². The second kappa shape index (κ2) is 8.78. The van der Waals surface area contributed by atoms with Crippen LogP contribution in [0, 0.1) is 0 Å². The van der Waals surface area contributed by atoms with Crippen LogP contribution in [0.15, 0.2) is 12.7 Å². The van der Waals surface area contributed by atoms with E-state index in [9.17, 15) is 9.18 Å². The predicted octanol–water partition coefficient (Wildman–Crippen LogP) is 2.31. The summed E-state index contributed by atoms with van der Waals surface area (Å²) in [6, 6.07) is 0. The molecule has 0 aliphatic carbocycles. The van der Waals surface area contributed by atoms with Gasteiger partial charge in [-0.25, -0.2) is 0 Å². The van der Waals surface area contributed by atoms with Gasteiger partial charge in [-0.1, -0.05) is 6.08 Å². The van der Waals surface area contributed by atoms with Crippen molar-refractivity contribution in [1.29, 1.82) is 0 Å². The fourth-order valence-corrected chi connectivity index (χ4v) is 3.92. The van der Waals surface area contributed by atoms with Gasteiger partial charge in [0.2, 0.25) is 5.91 Å². The number of alkyl halides is 1. The lowest BCUT2D eigenvalue weighted by Crippen LogP contribution is -2.61. The fourth-order valence-electron chi connectivity index (χ4n) is 3.92. The molecule has 2 aliphatic rings. The van der Waals surface area contributed by atoms with E-state index < -0.39 is 0 Å². The summed E-state index contributed by atoms with van der Waals surface area (Å²) in [5.41, 5.74) is 0.115. The minimum atomic E-state index is -0.200. The van der Waals surface area contributed by atoms with Gasteiger partial charge < -0.3 is 9.80 Å². The first-order chi connectivity index (χ1) is 11.1. The first kappa shape index (κ1) is 18.4. The largest absolute Gasteiger partial charge is 0.339 e. The molecule has 132 valence electrons. The summed E-state index contributed by atoms with van der Waals surface area (Å²) in [6.07, 6.45) is 7.16. The Balaban J connectivity index is 1.94. The molecule has 0 aromatic heterocycles. The van der Waals surface area contributed by atoms with Gasteiger partial charge in [0.25, 0.3) is 0 Å². The molecule has 2 heterocycles. The van der Waals surface area contributed by atoms with Gasteiger partial charge in [-0.05, 0) is 45.7 Å². The quantitative estimate of drug-likeness (QED) is 0.531. The summed E-state index contributed by atoms with van der Waals surface area (Å²) in [6.45, 7) is 9.27. The van der Waals surface area contributed by atoms with Crippen molar-refractivity contribution in [2.45, 2.75) is 44.1 Å². The van der Waals surface area contributed by atoms with Gasteiger partial charge in [-0.15, -0.1) is 6.58 Å². The van der Waals surface area contributed by atoms with Crippen LogP contribution in [-0.4, -0.2) is 79.1 Å². The van der Waals surface area contributed by atoms with Crippen molar-refractivity contribution in [3.05, 3.63) is 12.7 Å². The molecule has 4 nitrogen and oxygen atoms in total. The van der Waals surface area contributed by atoms with E-state index in [-0.39, 0.29) is 18.1 Å². The summed E-state index contributed by atoms with van der Waals surface area (Å²) >= 11 is 0. The first-order valence-electron chi connectivity index (χ1n) is 8.99. The molecule has 1 spiro atoms. The minimum absolute atomic E-state index is 0.115. The molecule has 2 aliphatic heterocycles. The third-order valence-electron chi connectivity index (χ3n) is 5.54. The lowest BCUT2D eigenvalue weighted by atomic mass is 9.86. The van der Waals surface area contributed by atoms with Crippen molar-refractivity contribution in [1.82, 2.24) is 14.7 Å². The Labute approximate surface area is 140 Å². The van der Waals surface area contributed by atoms with Gasteiger partial charge in [0.05, 0.1) is 6.67 Å². The minimum Gasteiger partial charge on any atom is -0.339 e. The zero-order valence-corrected chi connectivity index (χ0v) is 14.6. The molecule has 5 heteroatoms. The van der Waals surface area contributed by atoms with Gasteiger partial charge in [0, 0.05) is 44.7 Å². The lowest BCUT2D eigenvalue weighted by Gasteiger charge is -2.49. The molecule has 0 unspecified atom stereocenters. The maximum Gasteiger partial charge on any atom is 0.222 e. The normalized spacial score (nSPS) is 27.4. The molecule has 2 saturated heterocycles. The number of halogens is 1. The van der Waals surface area contributed by atoms with E-state index in [1.165, 1.54) is 0 Å². The SMILES string of the molecule is C=CCN1CC[C@]2(CCC1=O)CN(CCCCCF)CCN2C. The number of hydrogen-bond acceptors (Lipinski definition) is 3. The number of likely N-dealkylation sites (N-methyl/N-ethyl adjacent to an activating group) is 1. The molecule has 0 saturated carbocycles. The molecular formula is C18H32FN3O. The Morgan fingerprint density at radius 3 is 2.78 bits per heavy atom. The van der Waals surface area contributed by atoms with Crippen LogP contribution >= 0.6 is 0 Å². The van der Waals surface area contributed by atoms with Crippen molar-refractivity contribution in [2.75, 3.05) is 53.0 Å². The van der Waals surface area contributed by atoms with Gasteiger partial charge in [0.15, 0.2) is 0 Å². The zero-order valence-electron chi connectivity index (χ0n) is 14.6. The van der Waals surface area contributed by atoms with Gasteiger partial charge >= 0.3 is 0 Å². The Bertz CT molecular complexity index is 404. The van der Waals surface area contributed by atoms with Gasteiger partial charge in [-0.3, -0.25) is 14.1 Å². The summed E-state index contributed by atoms with van der Waals surface area (Å²) in [5, 5.41) is 0. The van der Waals surface area contributed by atoms with Crippen LogP contribution in [0.3, 0.4) is 0 Å². The molecule has 2 rings (SSSR count). The molecule has 0 radical (unpaired) electrons. The van der Waals surface area contributed by atoms with E-state index in [0.29, 0.717) is 19.4 Å². The highest BCUT2D eigenvalue weighted by molar-refractivity contribution is 5.76. The molecule has 0 aromatic rings. The smallest absolute Gasteiger partial charge is 0.222 e. The fraction of sp³-hybridized carbons (Fsp3) is 0.833. The molecule has 2 fully saturated rings. The Hall–Kier alpha value is -0.940. The van der Waals surface area contributed by atoms with E-state index in [1.807, 2.05) is 11.0 Å². The van der Waals surface area contributed by atoms with Crippen LogP contribution in [0.5, 0.6) is 0 Å². The van der Waals surface area contributed by atoms with Crippen molar-refractivity contribution < 1.29 is 9.18 Å². The Morgan fingerprint density at radius 2 is 2.04 bits per heavy atom. The molecule has 0 bridgehead atoms. The third kappa shape index (κ3) is 4.77. The van der Waals surface area contributed by atoms with Crippen LogP contribution < -0.4 is 0 Å². The highest BCUT2D eigenvalue weighted by atomic mass is 19.1. The number of hydrogen-bond donors (Lipinski definition) is 0. The average molecular weight is 325 g/mol. The maximum absolute atomic E-state index is 12.3. The summed E-state index contributed by atoms with van der Waals surface area (Å²) in [5.74, 6) is 0.259. The number of rotatable bonds is 7. The maximum atomic E-state index is 12.3. The van der Waals surface area contributed by atoms with Crippen molar-refractivity contribution in [3.8, 4) is 0 Å². The predicted molar refractivity (Wildman–Crippen MR) is 92.3 cm³/mol. The third-order valence-corrected chi connectivity index (χ3v) is 5.54. The van der Waals surface area contributed by atoms with Crippen molar-refractivity contribution in [2.24, 2.45) is 0 Å². The highest BCUT2D eigenvalue weighted by Crippen LogP contribution is 2.32. The van der Waals surface area contributed by atoms with Crippen molar-refractivity contribution >= 4 is 5.91 Å². The van der Waals surface area contributed by atoms with Crippen LogP contribution in [0.2, 0.25) is 0 Å². The highest BCUT2D eigenvalue weighted by Gasteiger charge is 2.41. The molecular weight excluding hydrogens is 293 g/mol. The zero-order chi connectivity index (χ0) is 16.7. The van der Waals surface area contributed by atoms with Crippen LogP contribution in [0.25, 0.3) is 0 Å². The molecule has 23 heavy (non-hydrogen) atoms. The topological polar surface area (TPSA) is 26.8 Å². The Kier molecular flexibility index (Phi) is 7.03. The lowest BCUT2D eigenvalue weighted by molar-refractivity contribution is -0.130. The second-order valence-corrected chi connectivity index (χ2v) is 7.05. The standard InChI is InChI=1S/C18H32FN3O/c1-3-11-22-13-9-18(8-7-17(22)23)16-21(15-14-20(18)2)12-6-4-5-10-19/h3H,1,4-16H2,2H3/t18-/m1/s1. The van der Waals surface area contributed by atoms with Gasteiger partial charge in [-0.2, -0.15) is 0 Å². The monoisotopic (exact) mass is 325 g/mol. The summed E-state index contributed by atoms with van der Waals surface area (Å²) in [4.78, 5) is 19.2. The van der Waals surface area contributed by atoms with E-state index >= 15 is 0 Å². The van der Waals surface area contributed by atoms with Crippen LogP contribution in [0.4, 0.5) is 4.39 Å². The number of likely N-dealkylation sites (tertiary alicyclic amines) is 1. The van der Waals surface area contributed by atoms with E-state index in [0.717, 1.165) is 58.4 Å². The number of piperazine rings is 1. The summed E-state index contributed by atoms with van der Waals surface area (Å²) in [7, 11) is 2.20. The number of amides is 1. The number of carbonyl (C=O) groups excluding carboxylic acids is 1. The molecule has 1 amide bonds. The summed E-state index contributed by atoms with van der Waals surface area (Å²) < 4.78 is 12.2. The van der Waals surface area contributed by atoms with E-state index in [2.05, 4.69) is 23.4 Å². The number of unbranched alkanes of at least 4 members (excludes halogenated alkanes) is 2. The molecule has 0 N–H and O–H groups in total. The van der Waals surface area contributed by atoms with E-state index in [1.54, 1.807) is 0 Å². The number of carbonyl (C=O) groups is 1.